The van der Waals surface area contributed by atoms with Gasteiger partial charge in [-0.25, -0.2) is 0 Å². The van der Waals surface area contributed by atoms with Crippen LogP contribution in [0.4, 0.5) is 0 Å². The van der Waals surface area contributed by atoms with E-state index in [0.29, 0.717) is 5.75 Å². The standard InChI is InChI=1S/C7H6OS2.Na/c9-7(10)8-6-4-2-1-3-5-6;/h1-5H,(H,9,10);/q;+1/p-1. The molecule has 0 saturated carbocycles. The molecule has 0 N–H and O–H groups in total. The number of rotatable bonds is 1. The molecule has 1 rings (SSSR count). The quantitative estimate of drug-likeness (QED) is 0.318. The summed E-state index contributed by atoms with van der Waals surface area (Å²) in [4.78, 5) is 0. The molecule has 52 valence electrons. The van der Waals surface area contributed by atoms with Crippen molar-refractivity contribution in [2.45, 2.75) is 0 Å². The van der Waals surface area contributed by atoms with Gasteiger partial charge in [0.15, 0.2) is 0 Å². The first-order valence-electron chi connectivity index (χ1n) is 2.73. The van der Waals surface area contributed by atoms with Crippen LogP contribution in [0.15, 0.2) is 30.3 Å². The van der Waals surface area contributed by atoms with Gasteiger partial charge in [0.1, 0.15) is 5.75 Å². The Morgan fingerprint density at radius 2 is 1.82 bits per heavy atom. The van der Waals surface area contributed by atoms with Crippen LogP contribution in [0.2, 0.25) is 0 Å². The molecule has 0 fully saturated rings. The van der Waals surface area contributed by atoms with E-state index < -0.39 is 0 Å². The molecule has 0 saturated heterocycles. The third-order valence-corrected chi connectivity index (χ3v) is 1.11. The van der Waals surface area contributed by atoms with Crippen LogP contribution in [0, 0.1) is 0 Å². The summed E-state index contributed by atoms with van der Waals surface area (Å²) in [6.45, 7) is 0. The second-order valence-electron chi connectivity index (χ2n) is 1.67. The largest absolute Gasteiger partial charge is 1.00 e. The Balaban J connectivity index is 0.000001000. The molecule has 1 aromatic carbocycles. The third-order valence-electron chi connectivity index (χ3n) is 0.944. The van der Waals surface area contributed by atoms with Gasteiger partial charge in [-0.3, -0.25) is 0 Å². The van der Waals surface area contributed by atoms with Gasteiger partial charge in [0, 0.05) is 4.38 Å². The molecule has 0 aliphatic heterocycles. The Morgan fingerprint density at radius 1 is 1.27 bits per heavy atom. The average Bonchev–Trinajstić information content (AvgIpc) is 1.88. The summed E-state index contributed by atoms with van der Waals surface area (Å²) in [5.41, 5.74) is 0. The van der Waals surface area contributed by atoms with E-state index in [-0.39, 0.29) is 33.9 Å². The van der Waals surface area contributed by atoms with E-state index >= 15 is 0 Å². The molecule has 0 unspecified atom stereocenters. The van der Waals surface area contributed by atoms with E-state index in [2.05, 4.69) is 24.8 Å². The number of benzene rings is 1. The minimum Gasteiger partial charge on any atom is -0.477 e. The second kappa shape index (κ2) is 5.91. The second-order valence-corrected chi connectivity index (χ2v) is 2.67. The maximum atomic E-state index is 4.96. The Hall–Kier alpha value is 0.330. The normalized spacial score (nSPS) is 8.00. The topological polar surface area (TPSA) is 9.23 Å². The summed E-state index contributed by atoms with van der Waals surface area (Å²) in [6, 6.07) is 9.24. The summed E-state index contributed by atoms with van der Waals surface area (Å²) in [5.74, 6) is 0.697. The summed E-state index contributed by atoms with van der Waals surface area (Å²) >= 11 is 9.14. The monoisotopic (exact) mass is 192 g/mol. The molecule has 0 amide bonds. The predicted molar refractivity (Wildman–Crippen MR) is 47.0 cm³/mol. The molecule has 0 bridgehead atoms. The SMILES string of the molecule is S=C([S-])Oc1ccccc1.[Na+]. The van der Waals surface area contributed by atoms with Crippen molar-refractivity contribution in [3.05, 3.63) is 30.3 Å². The number of para-hydroxylation sites is 1. The maximum absolute atomic E-state index is 4.96. The van der Waals surface area contributed by atoms with Gasteiger partial charge >= 0.3 is 29.6 Å². The summed E-state index contributed by atoms with van der Waals surface area (Å²) in [7, 11) is 0. The first-order chi connectivity index (χ1) is 4.79. The number of hydrogen-bond donors (Lipinski definition) is 0. The van der Waals surface area contributed by atoms with Crippen LogP contribution in [-0.4, -0.2) is 4.38 Å². The van der Waals surface area contributed by atoms with Gasteiger partial charge in [-0.2, -0.15) is 0 Å². The van der Waals surface area contributed by atoms with Crippen molar-refractivity contribution in [1.29, 1.82) is 0 Å². The minimum absolute atomic E-state index is 0. The Morgan fingerprint density at radius 3 is 2.27 bits per heavy atom. The van der Waals surface area contributed by atoms with Crippen LogP contribution < -0.4 is 34.3 Å². The van der Waals surface area contributed by atoms with Crippen molar-refractivity contribution in [3.63, 3.8) is 0 Å². The van der Waals surface area contributed by atoms with Gasteiger partial charge in [-0.15, -0.1) is 0 Å². The number of hydrogen-bond acceptors (Lipinski definition) is 3. The van der Waals surface area contributed by atoms with Crippen LogP contribution in [0.3, 0.4) is 0 Å². The molecule has 0 radical (unpaired) electrons. The molecule has 0 heterocycles. The maximum Gasteiger partial charge on any atom is 1.00 e. The van der Waals surface area contributed by atoms with Crippen molar-refractivity contribution < 1.29 is 34.3 Å². The van der Waals surface area contributed by atoms with Crippen LogP contribution >= 0.6 is 12.2 Å². The molecular formula is C7H5NaOS2. The smallest absolute Gasteiger partial charge is 0.477 e. The van der Waals surface area contributed by atoms with E-state index in [9.17, 15) is 0 Å². The van der Waals surface area contributed by atoms with E-state index in [1.807, 2.05) is 18.2 Å². The van der Waals surface area contributed by atoms with E-state index in [0.717, 1.165) is 0 Å². The fourth-order valence-electron chi connectivity index (χ4n) is 0.585. The van der Waals surface area contributed by atoms with E-state index in [4.69, 9.17) is 4.74 Å². The Labute approximate surface area is 98.8 Å². The molecule has 0 atom stereocenters. The van der Waals surface area contributed by atoms with Crippen molar-refractivity contribution in [2.75, 3.05) is 0 Å². The molecule has 4 heteroatoms. The van der Waals surface area contributed by atoms with Crippen molar-refractivity contribution in [3.8, 4) is 5.75 Å². The summed E-state index contributed by atoms with van der Waals surface area (Å²) in [5, 5.41) is 0. The summed E-state index contributed by atoms with van der Waals surface area (Å²) in [6.07, 6.45) is 0. The van der Waals surface area contributed by atoms with Crippen LogP contribution in [0.5, 0.6) is 5.75 Å². The molecule has 0 aliphatic carbocycles. The Kier molecular flexibility index (Phi) is 6.09. The first kappa shape index (κ1) is 11.3. The van der Waals surface area contributed by atoms with E-state index in [1.54, 1.807) is 12.1 Å². The van der Waals surface area contributed by atoms with Crippen molar-refractivity contribution in [1.82, 2.24) is 0 Å². The molecule has 1 aromatic rings. The van der Waals surface area contributed by atoms with Crippen LogP contribution in [0.1, 0.15) is 0 Å². The average molecular weight is 192 g/mol. The van der Waals surface area contributed by atoms with Crippen LogP contribution in [-0.2, 0) is 12.6 Å². The number of ether oxygens (including phenoxy) is 1. The zero-order valence-electron chi connectivity index (χ0n) is 6.11. The molecule has 0 aliphatic rings. The molecular weight excluding hydrogens is 187 g/mol. The summed E-state index contributed by atoms with van der Waals surface area (Å²) < 4.78 is 5.09. The van der Waals surface area contributed by atoms with Gasteiger partial charge in [-0.1, -0.05) is 18.2 Å². The molecule has 1 nitrogen and oxygen atoms in total. The molecule has 0 spiro atoms. The van der Waals surface area contributed by atoms with Gasteiger partial charge in [0.05, 0.1) is 0 Å². The molecule has 11 heavy (non-hydrogen) atoms. The van der Waals surface area contributed by atoms with Gasteiger partial charge in [0.25, 0.3) is 0 Å². The Bertz CT molecular complexity index is 225. The first-order valence-corrected chi connectivity index (χ1v) is 3.54. The van der Waals surface area contributed by atoms with Crippen LogP contribution in [0.25, 0.3) is 0 Å². The van der Waals surface area contributed by atoms with Gasteiger partial charge in [-0.05, 0) is 12.1 Å². The van der Waals surface area contributed by atoms with Gasteiger partial charge in [0.2, 0.25) is 0 Å². The van der Waals surface area contributed by atoms with Crippen molar-refractivity contribution in [2.24, 2.45) is 0 Å². The number of thiocarbonyl (C=S) groups is 1. The van der Waals surface area contributed by atoms with E-state index in [1.165, 1.54) is 0 Å². The fourth-order valence-corrected chi connectivity index (χ4v) is 0.777. The minimum atomic E-state index is 0. The molecule has 0 aromatic heterocycles. The third kappa shape index (κ3) is 4.71. The fraction of sp³-hybridized carbons (Fsp3) is 0. The van der Waals surface area contributed by atoms with Gasteiger partial charge < -0.3 is 29.6 Å². The zero-order chi connectivity index (χ0) is 7.40. The predicted octanol–water partition coefficient (Wildman–Crippen LogP) is -1.10. The van der Waals surface area contributed by atoms with Crippen molar-refractivity contribution >= 4 is 29.2 Å². The zero-order valence-corrected chi connectivity index (χ0v) is 9.74.